The summed E-state index contributed by atoms with van der Waals surface area (Å²) in [6.45, 7) is 0.732. The number of alkyl halides is 3. The van der Waals surface area contributed by atoms with Crippen LogP contribution in [0.5, 0.6) is 0 Å². The second-order valence-corrected chi connectivity index (χ2v) is 3.99. The molecule has 0 heterocycles. The van der Waals surface area contributed by atoms with E-state index in [1.54, 1.807) is 0 Å². The maximum atomic E-state index is 12.4. The molecular weight excluding hydrogens is 284 g/mol. The van der Waals surface area contributed by atoms with E-state index in [2.05, 4.69) is 15.9 Å². The molecule has 1 rings (SSSR count). The Hall–Kier alpha value is 0.00740. The van der Waals surface area contributed by atoms with Gasteiger partial charge < -0.3 is 10.6 Å². The monoisotopic (exact) mass is 292 g/mol. The van der Waals surface area contributed by atoms with Gasteiger partial charge in [-0.2, -0.15) is 13.2 Å². The molecule has 1 aromatic rings. The van der Waals surface area contributed by atoms with Gasteiger partial charge in [0, 0.05) is 4.47 Å². The van der Waals surface area contributed by atoms with Crippen LogP contribution in [-0.4, -0.2) is 16.8 Å². The van der Waals surface area contributed by atoms with Crippen LogP contribution >= 0.6 is 15.9 Å². The van der Waals surface area contributed by atoms with Crippen molar-refractivity contribution in [3.05, 3.63) is 34.3 Å². The predicted octanol–water partition coefficient (Wildman–Crippen LogP) is 0.0461. The van der Waals surface area contributed by atoms with Gasteiger partial charge in [-0.3, -0.25) is 0 Å². The summed E-state index contributed by atoms with van der Waals surface area (Å²) in [5.41, 5.74) is -2.97. The van der Waals surface area contributed by atoms with Crippen molar-refractivity contribution in [3.63, 3.8) is 0 Å². The Morgan fingerprint density at radius 1 is 1.12 bits per heavy atom. The van der Waals surface area contributed by atoms with Crippen LogP contribution in [0.4, 0.5) is 13.2 Å². The van der Waals surface area contributed by atoms with Gasteiger partial charge in [0.25, 0.3) is 0 Å². The van der Waals surface area contributed by atoms with Crippen molar-refractivity contribution in [1.29, 1.82) is 0 Å². The molecule has 0 unspecified atom stereocenters. The van der Waals surface area contributed by atoms with E-state index in [4.69, 9.17) is 0 Å². The summed E-state index contributed by atoms with van der Waals surface area (Å²) in [5, 5.41) is 9.27. The smallest absolute Gasteiger partial charge is 0.870 e. The zero-order chi connectivity index (χ0) is 11.0. The Bertz CT molecular complexity index is 325. The van der Waals surface area contributed by atoms with Gasteiger partial charge in [-0.05, 0) is 24.6 Å². The minimum absolute atomic E-state index is 0. The first kappa shape index (κ1) is 18.4. The molecule has 7 heteroatoms. The molecule has 0 aromatic heterocycles. The Labute approximate surface area is 111 Å². The van der Waals surface area contributed by atoms with E-state index in [-0.39, 0.29) is 29.9 Å². The van der Waals surface area contributed by atoms with Crippen LogP contribution in [0.2, 0.25) is 0 Å². The zero-order valence-electron chi connectivity index (χ0n) is 8.72. The quantitative estimate of drug-likeness (QED) is 0.744. The number of rotatable bonds is 1. The molecule has 0 aliphatic carbocycles. The number of aliphatic hydroxyl groups is 1. The molecule has 0 saturated heterocycles. The number of hydrogen-bond acceptors (Lipinski definition) is 2. The maximum Gasteiger partial charge on any atom is 1.00 e. The van der Waals surface area contributed by atoms with E-state index < -0.39 is 11.8 Å². The second-order valence-electron chi connectivity index (χ2n) is 3.08. The van der Waals surface area contributed by atoms with Crippen molar-refractivity contribution in [1.82, 2.24) is 0 Å². The molecule has 16 heavy (non-hydrogen) atoms. The molecule has 0 fully saturated rings. The average Bonchev–Trinajstić information content (AvgIpc) is 2.03. The van der Waals surface area contributed by atoms with E-state index in [0.29, 0.717) is 4.47 Å². The first-order valence-corrected chi connectivity index (χ1v) is 4.59. The van der Waals surface area contributed by atoms with Crippen molar-refractivity contribution >= 4 is 15.9 Å². The first-order chi connectivity index (χ1) is 6.25. The zero-order valence-corrected chi connectivity index (χ0v) is 10.3. The van der Waals surface area contributed by atoms with E-state index in [1.165, 1.54) is 24.3 Å². The minimum atomic E-state index is -4.67. The summed E-state index contributed by atoms with van der Waals surface area (Å²) in [5.74, 6) is 0. The van der Waals surface area contributed by atoms with Crippen LogP contribution in [0.1, 0.15) is 12.5 Å². The fourth-order valence-corrected chi connectivity index (χ4v) is 1.20. The number of hydrogen-bond donors (Lipinski definition) is 1. The van der Waals surface area contributed by atoms with Gasteiger partial charge in [0.05, 0.1) is 0 Å². The van der Waals surface area contributed by atoms with Crippen molar-refractivity contribution < 1.29 is 42.6 Å². The average molecular weight is 293 g/mol. The molecule has 0 radical (unpaired) electrons. The largest absolute Gasteiger partial charge is 1.00 e. The third-order valence-electron chi connectivity index (χ3n) is 1.96. The molecule has 0 aliphatic heterocycles. The summed E-state index contributed by atoms with van der Waals surface area (Å²) >= 11 is 3.10. The molecule has 1 aromatic carbocycles. The van der Waals surface area contributed by atoms with E-state index in [9.17, 15) is 18.3 Å². The molecule has 0 saturated carbocycles. The van der Waals surface area contributed by atoms with Gasteiger partial charge in [0.2, 0.25) is 0 Å². The summed E-state index contributed by atoms with van der Waals surface area (Å²) in [4.78, 5) is 0. The van der Waals surface area contributed by atoms with Crippen LogP contribution in [-0.2, 0) is 5.60 Å². The van der Waals surface area contributed by atoms with Crippen molar-refractivity contribution in [2.75, 3.05) is 0 Å². The standard InChI is InChI=1S/C9H8BrF3O.Li.H2O/c1-8(14,9(11,12)13)6-2-4-7(10)5-3-6;;/h2-5,14H,1H3;;1H2/q;+1;/p-1/t8-;;/m1../s1. The molecule has 0 aliphatic rings. The van der Waals surface area contributed by atoms with Crippen LogP contribution in [0, 0.1) is 0 Å². The Balaban J connectivity index is 0. The maximum absolute atomic E-state index is 12.4. The second kappa shape index (κ2) is 6.08. The van der Waals surface area contributed by atoms with Gasteiger partial charge in [-0.1, -0.05) is 28.1 Å². The number of benzene rings is 1. The van der Waals surface area contributed by atoms with Gasteiger partial charge >= 0.3 is 25.0 Å². The predicted molar refractivity (Wildman–Crippen MR) is 51.7 cm³/mol. The minimum Gasteiger partial charge on any atom is -0.870 e. The molecule has 0 spiro atoms. The van der Waals surface area contributed by atoms with E-state index in [0.717, 1.165) is 6.92 Å². The summed E-state index contributed by atoms with van der Waals surface area (Å²) in [7, 11) is 0. The molecule has 86 valence electrons. The van der Waals surface area contributed by atoms with Gasteiger partial charge in [0.1, 0.15) is 0 Å². The first-order valence-electron chi connectivity index (χ1n) is 3.80. The fourth-order valence-electron chi connectivity index (χ4n) is 0.938. The third kappa shape index (κ3) is 3.79. The van der Waals surface area contributed by atoms with Crippen LogP contribution in [0.3, 0.4) is 0 Å². The molecule has 0 bridgehead atoms. The van der Waals surface area contributed by atoms with Crippen LogP contribution in [0.25, 0.3) is 0 Å². The molecule has 2 nitrogen and oxygen atoms in total. The third-order valence-corrected chi connectivity index (χ3v) is 2.49. The summed E-state index contributed by atoms with van der Waals surface area (Å²) < 4.78 is 37.7. The van der Waals surface area contributed by atoms with Crippen molar-refractivity contribution in [2.45, 2.75) is 18.7 Å². The fraction of sp³-hybridized carbons (Fsp3) is 0.333. The van der Waals surface area contributed by atoms with Gasteiger partial charge in [0.15, 0.2) is 5.60 Å². The van der Waals surface area contributed by atoms with E-state index in [1.807, 2.05) is 0 Å². The molecular formula is C9H9BrF3LiO2. The Morgan fingerprint density at radius 3 is 1.81 bits per heavy atom. The SMILES string of the molecule is C[C@@](O)(c1ccc(Br)cc1)C(F)(F)F.[Li+].[OH-]. The topological polar surface area (TPSA) is 50.2 Å². The Kier molecular flexibility index (Phi) is 6.98. The van der Waals surface area contributed by atoms with Crippen molar-refractivity contribution in [2.24, 2.45) is 0 Å². The normalized spacial score (nSPS) is 14.4. The number of halogens is 4. The molecule has 1 atom stereocenters. The summed E-state index contributed by atoms with van der Waals surface area (Å²) in [6, 6.07) is 5.38. The van der Waals surface area contributed by atoms with Crippen LogP contribution < -0.4 is 18.9 Å². The van der Waals surface area contributed by atoms with Crippen molar-refractivity contribution in [3.8, 4) is 0 Å². The van der Waals surface area contributed by atoms with Gasteiger partial charge in [-0.25, -0.2) is 0 Å². The van der Waals surface area contributed by atoms with Gasteiger partial charge in [-0.15, -0.1) is 0 Å². The Morgan fingerprint density at radius 2 is 1.50 bits per heavy atom. The van der Waals surface area contributed by atoms with Crippen LogP contribution in [0.15, 0.2) is 28.7 Å². The summed E-state index contributed by atoms with van der Waals surface area (Å²) in [6.07, 6.45) is -4.67. The molecule has 2 N–H and O–H groups in total. The van der Waals surface area contributed by atoms with E-state index >= 15 is 0 Å². The molecule has 0 amide bonds.